The molecule has 6 heteroatoms. The average Bonchev–Trinajstić information content (AvgIpc) is 3.06. The van der Waals surface area contributed by atoms with Gasteiger partial charge < -0.3 is 0 Å². The maximum Gasteiger partial charge on any atom is 0.271 e. The van der Waals surface area contributed by atoms with E-state index in [9.17, 15) is 14.4 Å². The second-order valence-corrected chi connectivity index (χ2v) is 8.55. The summed E-state index contributed by atoms with van der Waals surface area (Å²) in [5.41, 5.74) is 6.54. The van der Waals surface area contributed by atoms with Crippen LogP contribution >= 0.6 is 0 Å². The maximum absolute atomic E-state index is 13.6. The van der Waals surface area contributed by atoms with E-state index in [0.717, 1.165) is 27.3 Å². The Hall–Kier alpha value is -3.80. The minimum Gasteiger partial charge on any atom is -0.272 e. The molecule has 1 N–H and O–H groups in total. The number of hydrogen-bond acceptors (Lipinski definition) is 4. The number of nitrogens with one attached hydrogen (secondary N) is 1. The van der Waals surface area contributed by atoms with Gasteiger partial charge in [0.2, 0.25) is 0 Å². The van der Waals surface area contributed by atoms with Gasteiger partial charge in [0.05, 0.1) is 17.4 Å². The van der Waals surface area contributed by atoms with Crippen molar-refractivity contribution in [3.63, 3.8) is 0 Å². The van der Waals surface area contributed by atoms with Gasteiger partial charge in [0, 0.05) is 23.7 Å². The molecule has 1 aliphatic heterocycles. The lowest BCUT2D eigenvalue weighted by molar-refractivity contribution is -0.143. The second-order valence-electron chi connectivity index (χ2n) is 8.55. The number of carbonyl (C=O) groups excluding carboxylic acids is 3. The minimum absolute atomic E-state index is 0.212. The maximum atomic E-state index is 13.6. The summed E-state index contributed by atoms with van der Waals surface area (Å²) in [4.78, 5) is 43.8. The molecular weight excluding hydrogens is 390 g/mol. The Bertz CT molecular complexity index is 1220. The monoisotopic (exact) mass is 409 g/mol. The number of benzene rings is 2. The van der Waals surface area contributed by atoms with Crippen LogP contribution in [0.25, 0.3) is 0 Å². The molecule has 1 aromatic heterocycles. The minimum atomic E-state index is -0.646. The van der Waals surface area contributed by atoms with Crippen LogP contribution in [0.3, 0.4) is 0 Å². The van der Waals surface area contributed by atoms with E-state index in [2.05, 4.69) is 41.6 Å². The summed E-state index contributed by atoms with van der Waals surface area (Å²) < 4.78 is 0. The topological polar surface area (TPSA) is 79.4 Å². The quantitative estimate of drug-likeness (QED) is 0.660. The van der Waals surface area contributed by atoms with Gasteiger partial charge in [0.25, 0.3) is 17.7 Å². The Morgan fingerprint density at radius 1 is 0.935 bits per heavy atom. The van der Waals surface area contributed by atoms with Crippen LogP contribution < -0.4 is 5.43 Å². The number of imide groups is 1. The van der Waals surface area contributed by atoms with E-state index in [-0.39, 0.29) is 17.7 Å². The fourth-order valence-corrected chi connectivity index (χ4v) is 5.92. The number of nitrogens with zero attached hydrogens (tertiary/aromatic N) is 2. The van der Waals surface area contributed by atoms with E-state index in [1.54, 1.807) is 18.3 Å². The Labute approximate surface area is 178 Å². The molecule has 3 amide bonds. The van der Waals surface area contributed by atoms with Crippen LogP contribution in [0.4, 0.5) is 0 Å². The van der Waals surface area contributed by atoms with Crippen LogP contribution in [0.5, 0.6) is 0 Å². The highest BCUT2D eigenvalue weighted by atomic mass is 16.2. The average molecular weight is 409 g/mol. The molecule has 6 nitrogen and oxygen atoms in total. The normalized spacial score (nSPS) is 27.5. The fraction of sp³-hybridized carbons (Fsp3) is 0.200. The predicted molar refractivity (Wildman–Crippen MR) is 112 cm³/mol. The van der Waals surface area contributed by atoms with Gasteiger partial charge in [-0.2, -0.15) is 5.01 Å². The summed E-state index contributed by atoms with van der Waals surface area (Å²) in [6.45, 7) is 2.05. The largest absolute Gasteiger partial charge is 0.272 e. The van der Waals surface area contributed by atoms with Crippen LogP contribution in [0.15, 0.2) is 73.1 Å². The molecular formula is C25H19N3O3. The molecule has 7 rings (SSSR count). The first-order valence-electron chi connectivity index (χ1n) is 10.3. The van der Waals surface area contributed by atoms with Gasteiger partial charge in [0.15, 0.2) is 0 Å². The van der Waals surface area contributed by atoms with E-state index in [0.29, 0.717) is 5.56 Å². The van der Waals surface area contributed by atoms with Crippen molar-refractivity contribution in [3.05, 3.63) is 101 Å². The molecule has 0 spiro atoms. The molecule has 3 aliphatic carbocycles. The molecule has 2 bridgehead atoms. The molecule has 0 unspecified atom stereocenters. The molecule has 2 atom stereocenters. The van der Waals surface area contributed by atoms with E-state index in [1.165, 1.54) is 6.20 Å². The highest BCUT2D eigenvalue weighted by Crippen LogP contribution is 2.63. The molecule has 0 radical (unpaired) electrons. The lowest BCUT2D eigenvalue weighted by atomic mass is 9.48. The number of rotatable bonds is 2. The van der Waals surface area contributed by atoms with Crippen LogP contribution in [-0.2, 0) is 15.0 Å². The van der Waals surface area contributed by atoms with Crippen LogP contribution in [0, 0.1) is 11.8 Å². The van der Waals surface area contributed by atoms with E-state index in [1.807, 2.05) is 24.3 Å². The highest BCUT2D eigenvalue weighted by Gasteiger charge is 2.66. The van der Waals surface area contributed by atoms with Crippen molar-refractivity contribution in [1.82, 2.24) is 15.4 Å². The number of pyridine rings is 1. The number of carbonyl (C=O) groups is 3. The fourth-order valence-electron chi connectivity index (χ4n) is 5.92. The Morgan fingerprint density at radius 2 is 1.58 bits per heavy atom. The summed E-state index contributed by atoms with van der Waals surface area (Å²) >= 11 is 0. The van der Waals surface area contributed by atoms with Crippen molar-refractivity contribution in [2.24, 2.45) is 11.8 Å². The first kappa shape index (κ1) is 18.0. The lowest BCUT2D eigenvalue weighted by Crippen LogP contribution is -2.52. The third-order valence-electron chi connectivity index (χ3n) is 7.18. The van der Waals surface area contributed by atoms with Crippen LogP contribution in [-0.4, -0.2) is 27.7 Å². The third kappa shape index (κ3) is 2.16. The molecule has 2 aromatic carbocycles. The highest BCUT2D eigenvalue weighted by molar-refractivity contribution is 6.10. The molecule has 1 saturated heterocycles. The van der Waals surface area contributed by atoms with E-state index >= 15 is 0 Å². The zero-order valence-electron chi connectivity index (χ0n) is 16.8. The Morgan fingerprint density at radius 3 is 2.19 bits per heavy atom. The molecule has 3 aromatic rings. The molecule has 31 heavy (non-hydrogen) atoms. The van der Waals surface area contributed by atoms with Gasteiger partial charge >= 0.3 is 0 Å². The zero-order valence-corrected chi connectivity index (χ0v) is 16.8. The van der Waals surface area contributed by atoms with Crippen LogP contribution in [0.1, 0.15) is 45.5 Å². The number of hydrogen-bond donors (Lipinski definition) is 1. The third-order valence-corrected chi connectivity index (χ3v) is 7.18. The van der Waals surface area contributed by atoms with Crippen molar-refractivity contribution in [1.29, 1.82) is 0 Å². The van der Waals surface area contributed by atoms with Gasteiger partial charge in [-0.15, -0.1) is 0 Å². The van der Waals surface area contributed by atoms with Gasteiger partial charge in [-0.1, -0.05) is 55.5 Å². The first-order chi connectivity index (χ1) is 15.0. The van der Waals surface area contributed by atoms with Gasteiger partial charge in [0.1, 0.15) is 0 Å². The van der Waals surface area contributed by atoms with Gasteiger partial charge in [-0.05, 0) is 34.4 Å². The lowest BCUT2D eigenvalue weighted by Gasteiger charge is -2.52. The molecule has 152 valence electrons. The van der Waals surface area contributed by atoms with Crippen molar-refractivity contribution in [3.8, 4) is 0 Å². The van der Waals surface area contributed by atoms with Gasteiger partial charge in [-0.25, -0.2) is 0 Å². The summed E-state index contributed by atoms with van der Waals surface area (Å²) in [5, 5.41) is 0.938. The van der Waals surface area contributed by atoms with E-state index in [4.69, 9.17) is 0 Å². The second kappa shape index (κ2) is 6.11. The Balaban J connectivity index is 1.48. The standard InChI is InChI=1S/C25H19N3O3/c1-25-17-10-4-2-8-15(17)19(16-9-3-5-11-18(16)25)20-21(25)24(31)28(23(20)30)27-22(29)14-7-6-12-26-13-14/h2-13,19-21H,1H3,(H,27,29)/t19?,20-,21+,25?/m1/s1. The van der Waals surface area contributed by atoms with Crippen LogP contribution in [0.2, 0.25) is 0 Å². The molecule has 1 fully saturated rings. The summed E-state index contributed by atoms with van der Waals surface area (Å²) in [7, 11) is 0. The molecule has 0 saturated carbocycles. The van der Waals surface area contributed by atoms with Crippen molar-refractivity contribution >= 4 is 17.7 Å². The summed E-state index contributed by atoms with van der Waals surface area (Å²) in [6, 6.07) is 19.4. The van der Waals surface area contributed by atoms with Gasteiger partial charge in [-0.3, -0.25) is 24.8 Å². The van der Waals surface area contributed by atoms with Crippen molar-refractivity contribution < 1.29 is 14.4 Å². The summed E-state index contributed by atoms with van der Waals surface area (Å²) in [5.74, 6) is -2.56. The predicted octanol–water partition coefficient (Wildman–Crippen LogP) is 2.79. The smallest absolute Gasteiger partial charge is 0.271 e. The SMILES string of the molecule is CC12c3ccccc3C(c3ccccc31)[C@H]1C(=O)N(NC(=O)c3cccnc3)C(=O)[C@H]12. The first-order valence-corrected chi connectivity index (χ1v) is 10.3. The van der Waals surface area contributed by atoms with E-state index < -0.39 is 23.2 Å². The Kier molecular flexibility index (Phi) is 3.55. The zero-order chi connectivity index (χ0) is 21.3. The van der Waals surface area contributed by atoms with Crippen molar-refractivity contribution in [2.45, 2.75) is 18.3 Å². The number of hydrazine groups is 1. The molecule has 2 heterocycles. The van der Waals surface area contributed by atoms with Crippen molar-refractivity contribution in [2.75, 3.05) is 0 Å². The molecule has 4 aliphatic rings. The summed E-state index contributed by atoms with van der Waals surface area (Å²) in [6.07, 6.45) is 2.97. The number of amides is 3. The number of aromatic nitrogens is 1.